The van der Waals surface area contributed by atoms with Crippen molar-refractivity contribution in [2.75, 3.05) is 0 Å². The van der Waals surface area contributed by atoms with Gasteiger partial charge in [0.25, 0.3) is 5.91 Å². The molecule has 7 heteroatoms. The van der Waals surface area contributed by atoms with E-state index in [9.17, 15) is 4.79 Å². The quantitative estimate of drug-likeness (QED) is 0.541. The molecule has 158 valence electrons. The van der Waals surface area contributed by atoms with Crippen LogP contribution in [0.5, 0.6) is 0 Å². The second kappa shape index (κ2) is 7.98. The van der Waals surface area contributed by atoms with Gasteiger partial charge in [-0.3, -0.25) is 9.20 Å². The first-order chi connectivity index (χ1) is 15.1. The van der Waals surface area contributed by atoms with Gasteiger partial charge in [-0.2, -0.15) is 5.10 Å². The van der Waals surface area contributed by atoms with E-state index < -0.39 is 0 Å². The lowest BCUT2D eigenvalue weighted by Crippen LogP contribution is -2.25. The Morgan fingerprint density at radius 3 is 2.81 bits per heavy atom. The van der Waals surface area contributed by atoms with Gasteiger partial charge in [-0.25, -0.2) is 14.6 Å². The Balaban J connectivity index is 1.29. The summed E-state index contributed by atoms with van der Waals surface area (Å²) in [5.74, 6) is 2.40. The Morgan fingerprint density at radius 2 is 2.00 bits per heavy atom. The highest BCUT2D eigenvalue weighted by molar-refractivity contribution is 5.94. The van der Waals surface area contributed by atoms with Gasteiger partial charge in [0.15, 0.2) is 5.82 Å². The van der Waals surface area contributed by atoms with Crippen LogP contribution in [0.15, 0.2) is 48.7 Å². The van der Waals surface area contributed by atoms with Crippen LogP contribution in [0.25, 0.3) is 17.0 Å². The molecule has 0 aliphatic carbocycles. The third-order valence-corrected chi connectivity index (χ3v) is 5.93. The fraction of sp³-hybridized carbons (Fsp3) is 0.333. The molecule has 1 N–H and O–H groups in total. The summed E-state index contributed by atoms with van der Waals surface area (Å²) < 4.78 is 3.88. The van der Waals surface area contributed by atoms with Gasteiger partial charge in [-0.1, -0.05) is 44.2 Å². The van der Waals surface area contributed by atoms with Crippen LogP contribution in [0.1, 0.15) is 47.8 Å². The van der Waals surface area contributed by atoms with Crippen LogP contribution in [0.2, 0.25) is 0 Å². The lowest BCUT2D eigenvalue weighted by Gasteiger charge is -2.17. The van der Waals surface area contributed by atoms with Gasteiger partial charge in [0.1, 0.15) is 17.2 Å². The Kier molecular flexibility index (Phi) is 5.02. The first-order valence-electron chi connectivity index (χ1n) is 10.9. The summed E-state index contributed by atoms with van der Waals surface area (Å²) in [5.41, 5.74) is 4.24. The largest absolute Gasteiger partial charge is 0.347 e. The van der Waals surface area contributed by atoms with Gasteiger partial charge in [-0.05, 0) is 36.5 Å². The molecule has 1 atom stereocenters. The van der Waals surface area contributed by atoms with Crippen molar-refractivity contribution in [1.29, 1.82) is 0 Å². The number of hydrogen-bond acceptors (Lipinski definition) is 4. The molecule has 1 aromatic carbocycles. The Hall–Kier alpha value is -3.48. The summed E-state index contributed by atoms with van der Waals surface area (Å²) in [5, 5.41) is 7.70. The molecule has 1 aliphatic heterocycles. The summed E-state index contributed by atoms with van der Waals surface area (Å²) in [6, 6.07) is 13.8. The number of benzene rings is 1. The number of imidazole rings is 1. The molecule has 0 spiro atoms. The molecular weight excluding hydrogens is 388 g/mol. The summed E-state index contributed by atoms with van der Waals surface area (Å²) in [6.45, 7) is 5.67. The normalized spacial score (nSPS) is 15.7. The molecule has 0 bridgehead atoms. The molecular formula is C24H26N6O. The minimum absolute atomic E-state index is 0.114. The second-order valence-electron chi connectivity index (χ2n) is 8.24. The molecule has 0 radical (unpaired) electrons. The average Bonchev–Trinajstić information content (AvgIpc) is 3.38. The van der Waals surface area contributed by atoms with Crippen LogP contribution < -0.4 is 5.32 Å². The minimum Gasteiger partial charge on any atom is -0.347 e. The Bertz CT molecular complexity index is 1240. The molecule has 7 nitrogen and oxygen atoms in total. The molecule has 0 saturated carbocycles. The topological polar surface area (TPSA) is 77.1 Å². The number of carbonyl (C=O) groups is 1. The number of nitrogens with zero attached hydrogens (tertiary/aromatic N) is 5. The molecule has 5 rings (SSSR count). The van der Waals surface area contributed by atoms with E-state index in [1.165, 1.54) is 0 Å². The van der Waals surface area contributed by atoms with E-state index in [4.69, 9.17) is 4.98 Å². The van der Waals surface area contributed by atoms with Gasteiger partial charge in [0.2, 0.25) is 0 Å². The molecule has 0 saturated heterocycles. The number of hydrogen-bond donors (Lipinski definition) is 1. The van der Waals surface area contributed by atoms with Crippen LogP contribution in [-0.2, 0) is 25.9 Å². The molecule has 1 amide bonds. The van der Waals surface area contributed by atoms with Crippen LogP contribution in [0, 0.1) is 5.92 Å². The van der Waals surface area contributed by atoms with Crippen molar-refractivity contribution < 1.29 is 4.79 Å². The lowest BCUT2D eigenvalue weighted by atomic mass is 10.0. The molecule has 31 heavy (non-hydrogen) atoms. The van der Waals surface area contributed by atoms with E-state index in [2.05, 4.69) is 22.3 Å². The summed E-state index contributed by atoms with van der Waals surface area (Å²) in [4.78, 5) is 22.2. The summed E-state index contributed by atoms with van der Waals surface area (Å²) in [7, 11) is 0. The predicted octanol–water partition coefficient (Wildman–Crippen LogP) is 3.67. The highest BCUT2D eigenvalue weighted by atomic mass is 16.1. The third-order valence-electron chi connectivity index (χ3n) is 5.93. The number of carbonyl (C=O) groups excluding carboxylic acids is 1. The number of aryl methyl sites for hydroxylation is 2. The van der Waals surface area contributed by atoms with E-state index in [0.717, 1.165) is 53.5 Å². The van der Waals surface area contributed by atoms with E-state index >= 15 is 0 Å². The van der Waals surface area contributed by atoms with Crippen molar-refractivity contribution in [3.8, 4) is 11.4 Å². The minimum atomic E-state index is -0.114. The number of pyridine rings is 1. The van der Waals surface area contributed by atoms with E-state index in [1.54, 1.807) is 0 Å². The number of nitrogens with one attached hydrogen (secondary N) is 1. The fourth-order valence-corrected chi connectivity index (χ4v) is 4.15. The molecule has 1 aliphatic rings. The van der Waals surface area contributed by atoms with Gasteiger partial charge in [0, 0.05) is 31.3 Å². The second-order valence-corrected chi connectivity index (χ2v) is 8.24. The van der Waals surface area contributed by atoms with Crippen molar-refractivity contribution in [2.24, 2.45) is 5.92 Å². The Labute approximate surface area is 181 Å². The van der Waals surface area contributed by atoms with Crippen LogP contribution in [-0.4, -0.2) is 30.1 Å². The maximum Gasteiger partial charge on any atom is 0.270 e. The van der Waals surface area contributed by atoms with Crippen LogP contribution in [0.4, 0.5) is 0 Å². The standard InChI is InChI=1S/C24H26N6O/c1-3-19-22(29-12-5-4-6-20(29)26-19)24(31)25-15-17-7-9-18(10-8-17)23-27-21-14-16(2)11-13-30(21)28-23/h4-10,12,16H,3,11,13-15H2,1-2H3,(H,25,31)/t16-/m1/s1. The fourth-order valence-electron chi connectivity index (χ4n) is 4.15. The number of aromatic nitrogens is 5. The number of rotatable bonds is 5. The molecule has 4 heterocycles. The lowest BCUT2D eigenvalue weighted by molar-refractivity contribution is 0.0944. The molecule has 4 aromatic rings. The SMILES string of the molecule is CCc1nc2ccccn2c1C(=O)NCc1ccc(-c2nc3n(n2)CC[C@@H](C)C3)cc1. The van der Waals surface area contributed by atoms with Crippen molar-refractivity contribution in [3.05, 3.63) is 71.4 Å². The molecule has 3 aromatic heterocycles. The zero-order valence-corrected chi connectivity index (χ0v) is 17.9. The van der Waals surface area contributed by atoms with Crippen molar-refractivity contribution in [1.82, 2.24) is 29.5 Å². The zero-order valence-electron chi connectivity index (χ0n) is 17.9. The van der Waals surface area contributed by atoms with Crippen molar-refractivity contribution >= 4 is 11.6 Å². The van der Waals surface area contributed by atoms with E-state index in [0.29, 0.717) is 24.6 Å². The maximum absolute atomic E-state index is 12.9. The van der Waals surface area contributed by atoms with Gasteiger partial charge in [-0.15, -0.1) is 0 Å². The van der Waals surface area contributed by atoms with Crippen molar-refractivity contribution in [3.63, 3.8) is 0 Å². The molecule has 0 fully saturated rings. The highest BCUT2D eigenvalue weighted by Crippen LogP contribution is 2.23. The van der Waals surface area contributed by atoms with E-state index in [1.807, 2.05) is 64.7 Å². The average molecular weight is 415 g/mol. The molecule has 0 unspecified atom stereocenters. The smallest absolute Gasteiger partial charge is 0.270 e. The summed E-state index contributed by atoms with van der Waals surface area (Å²) >= 11 is 0. The number of amides is 1. The monoisotopic (exact) mass is 414 g/mol. The first-order valence-corrected chi connectivity index (χ1v) is 10.9. The zero-order chi connectivity index (χ0) is 21.4. The van der Waals surface area contributed by atoms with E-state index in [-0.39, 0.29) is 5.91 Å². The predicted molar refractivity (Wildman–Crippen MR) is 119 cm³/mol. The first kappa shape index (κ1) is 19.5. The number of fused-ring (bicyclic) bond motifs is 2. The summed E-state index contributed by atoms with van der Waals surface area (Å²) in [6.07, 6.45) is 4.73. The van der Waals surface area contributed by atoms with Gasteiger partial charge >= 0.3 is 0 Å². The Morgan fingerprint density at radius 1 is 1.16 bits per heavy atom. The highest BCUT2D eigenvalue weighted by Gasteiger charge is 2.20. The van der Waals surface area contributed by atoms with Crippen LogP contribution >= 0.6 is 0 Å². The van der Waals surface area contributed by atoms with Gasteiger partial charge < -0.3 is 5.32 Å². The van der Waals surface area contributed by atoms with Crippen molar-refractivity contribution in [2.45, 2.75) is 46.2 Å². The third kappa shape index (κ3) is 3.71. The van der Waals surface area contributed by atoms with Crippen LogP contribution in [0.3, 0.4) is 0 Å². The maximum atomic E-state index is 12.9. The van der Waals surface area contributed by atoms with Gasteiger partial charge in [0.05, 0.1) is 5.69 Å².